The van der Waals surface area contributed by atoms with E-state index in [1.165, 1.54) is 18.2 Å². The summed E-state index contributed by atoms with van der Waals surface area (Å²) in [4.78, 5) is 55.1. The van der Waals surface area contributed by atoms with Crippen molar-refractivity contribution < 1.29 is 61.6 Å². The van der Waals surface area contributed by atoms with Gasteiger partial charge in [-0.3, -0.25) is 15.0 Å². The van der Waals surface area contributed by atoms with Crippen LogP contribution in [0.4, 0.5) is 17.6 Å². The van der Waals surface area contributed by atoms with Crippen LogP contribution in [0.3, 0.4) is 0 Å². The number of alkyl halides is 3. The minimum Gasteiger partial charge on any atom is -0.481 e. The smallest absolute Gasteiger partial charge is 0.481 e. The van der Waals surface area contributed by atoms with E-state index in [2.05, 4.69) is 5.32 Å². The fourth-order valence-corrected chi connectivity index (χ4v) is 3.15. The van der Waals surface area contributed by atoms with Gasteiger partial charge < -0.3 is 31.1 Å². The molecule has 2 rings (SSSR count). The molecule has 37 heavy (non-hydrogen) atoms. The van der Waals surface area contributed by atoms with Gasteiger partial charge in [0.1, 0.15) is 16.8 Å². The van der Waals surface area contributed by atoms with E-state index in [9.17, 15) is 36.7 Å². The first-order valence-electron chi connectivity index (χ1n) is 9.50. The zero-order valence-corrected chi connectivity index (χ0v) is 19.0. The number of halogens is 4. The van der Waals surface area contributed by atoms with E-state index in [-0.39, 0.29) is 28.4 Å². The number of esters is 1. The summed E-state index contributed by atoms with van der Waals surface area (Å²) in [5, 5.41) is 34.1. The number of amidine groups is 1. The highest BCUT2D eigenvalue weighted by atomic mass is 32.1. The van der Waals surface area contributed by atoms with Gasteiger partial charge in [-0.05, 0) is 30.3 Å². The van der Waals surface area contributed by atoms with Crippen LogP contribution in [0.5, 0.6) is 5.75 Å². The Morgan fingerprint density at radius 2 is 1.68 bits per heavy atom. The number of rotatable bonds is 9. The number of carboxylic acids is 3. The largest absolute Gasteiger partial charge is 0.490 e. The van der Waals surface area contributed by atoms with E-state index in [4.69, 9.17) is 36.0 Å². The predicted octanol–water partition coefficient (Wildman–Crippen LogP) is 1.61. The van der Waals surface area contributed by atoms with E-state index in [0.29, 0.717) is 4.88 Å². The Hall–Kier alpha value is -4.54. The summed E-state index contributed by atoms with van der Waals surface area (Å²) < 4.78 is 50.7. The average Bonchev–Trinajstić information content (AvgIpc) is 3.22. The van der Waals surface area contributed by atoms with Crippen LogP contribution in [-0.4, -0.2) is 63.2 Å². The van der Waals surface area contributed by atoms with Gasteiger partial charge in [0.15, 0.2) is 11.6 Å². The number of carbonyl (C=O) groups excluding carboxylic acids is 2. The van der Waals surface area contributed by atoms with Gasteiger partial charge in [0, 0.05) is 10.4 Å². The fourth-order valence-electron chi connectivity index (χ4n) is 2.26. The van der Waals surface area contributed by atoms with Crippen molar-refractivity contribution in [1.29, 1.82) is 5.41 Å². The van der Waals surface area contributed by atoms with Gasteiger partial charge in [-0.25, -0.2) is 18.8 Å². The van der Waals surface area contributed by atoms with Gasteiger partial charge in [-0.1, -0.05) is 0 Å². The average molecular weight is 551 g/mol. The molecule has 0 saturated heterocycles. The quantitative estimate of drug-likeness (QED) is 0.0869. The van der Waals surface area contributed by atoms with Gasteiger partial charge >= 0.3 is 30.1 Å². The summed E-state index contributed by atoms with van der Waals surface area (Å²) in [6.45, 7) is 0. The number of aliphatic carboxylic acids is 3. The number of nitrogen functional groups attached to an aromatic ring is 1. The number of benzene rings is 1. The maximum Gasteiger partial charge on any atom is 0.490 e. The molecular formula is C20H17F4N3O9S. The maximum absolute atomic E-state index is 14.0. The monoisotopic (exact) mass is 551 g/mol. The van der Waals surface area contributed by atoms with Crippen LogP contribution >= 0.6 is 11.3 Å². The molecule has 1 atom stereocenters. The van der Waals surface area contributed by atoms with Crippen LogP contribution in [0.2, 0.25) is 0 Å². The molecule has 1 heterocycles. The number of amides is 1. The standard InChI is InChI=1S/C18H16FN3O7S.C2HF3O2/c19-10-5-8(16(20)21)1-3-12(10)29-18(28)13-4-2-9(30-13)6-14(23)22-11(17(26)27)7-15(24)25;3-2(4,5)1(6)7/h1-5,11H,6-7H2,(H3,20,21)(H,22,23)(H,24,25)(H,26,27);(H,6,7)/t11-;/m0./s1. The van der Waals surface area contributed by atoms with Crippen LogP contribution in [-0.2, 0) is 25.6 Å². The number of thiophene rings is 1. The molecule has 1 aromatic carbocycles. The van der Waals surface area contributed by atoms with Crippen molar-refractivity contribution in [2.45, 2.75) is 25.1 Å². The molecule has 0 bridgehead atoms. The molecule has 0 aliphatic rings. The van der Waals surface area contributed by atoms with E-state index in [0.717, 1.165) is 23.5 Å². The molecule has 0 aliphatic heterocycles. The highest BCUT2D eigenvalue weighted by Gasteiger charge is 2.38. The van der Waals surface area contributed by atoms with Crippen molar-refractivity contribution in [2.75, 3.05) is 0 Å². The van der Waals surface area contributed by atoms with Gasteiger partial charge in [0.25, 0.3) is 0 Å². The lowest BCUT2D eigenvalue weighted by Gasteiger charge is -2.11. The first-order chi connectivity index (χ1) is 17.0. The van der Waals surface area contributed by atoms with Crippen molar-refractivity contribution in [3.05, 3.63) is 51.5 Å². The minimum atomic E-state index is -5.08. The second-order valence-corrected chi connectivity index (χ2v) is 7.92. The molecule has 0 spiro atoms. The van der Waals surface area contributed by atoms with Crippen LogP contribution < -0.4 is 15.8 Å². The van der Waals surface area contributed by atoms with Gasteiger partial charge in [-0.15, -0.1) is 11.3 Å². The molecule has 1 aromatic heterocycles. The number of nitrogens with one attached hydrogen (secondary N) is 2. The zero-order valence-electron chi connectivity index (χ0n) is 18.2. The Morgan fingerprint density at radius 3 is 2.14 bits per heavy atom. The van der Waals surface area contributed by atoms with Crippen molar-refractivity contribution >= 4 is 47.0 Å². The third-order valence-corrected chi connectivity index (χ3v) is 4.96. The minimum absolute atomic E-state index is 0.0631. The number of nitrogens with two attached hydrogens (primary N) is 1. The maximum atomic E-state index is 14.0. The second-order valence-electron chi connectivity index (χ2n) is 6.75. The summed E-state index contributed by atoms with van der Waals surface area (Å²) in [7, 11) is 0. The Kier molecular flexibility index (Phi) is 10.7. The van der Waals surface area contributed by atoms with Gasteiger partial charge in [-0.2, -0.15) is 13.2 Å². The normalized spacial score (nSPS) is 11.4. The van der Waals surface area contributed by atoms with Gasteiger partial charge in [0.05, 0.1) is 12.8 Å². The Bertz CT molecular complexity index is 1210. The summed E-state index contributed by atoms with van der Waals surface area (Å²) in [5.74, 6) is -8.84. The molecular weight excluding hydrogens is 534 g/mol. The third kappa shape index (κ3) is 10.3. The number of hydrogen-bond acceptors (Lipinski definition) is 8. The fraction of sp³-hybridized carbons (Fsp3) is 0.200. The number of hydrogen-bond donors (Lipinski definition) is 6. The molecule has 0 fully saturated rings. The highest BCUT2D eigenvalue weighted by Crippen LogP contribution is 2.23. The van der Waals surface area contributed by atoms with E-state index >= 15 is 0 Å². The Labute approximate surface area is 207 Å². The molecule has 12 nitrogen and oxygen atoms in total. The molecule has 0 radical (unpaired) electrons. The van der Waals surface area contributed by atoms with Crippen molar-refractivity contribution in [1.82, 2.24) is 5.32 Å². The van der Waals surface area contributed by atoms with Crippen LogP contribution in [0, 0.1) is 11.2 Å². The lowest BCUT2D eigenvalue weighted by Crippen LogP contribution is -2.42. The zero-order chi connectivity index (χ0) is 28.5. The lowest BCUT2D eigenvalue weighted by atomic mass is 10.2. The topological polar surface area (TPSA) is 217 Å². The van der Waals surface area contributed by atoms with E-state index < -0.39 is 54.2 Å². The number of carboxylic acid groups (broad SMARTS) is 3. The van der Waals surface area contributed by atoms with Gasteiger partial charge in [0.2, 0.25) is 5.91 Å². The summed E-state index contributed by atoms with van der Waals surface area (Å²) in [5.41, 5.74) is 5.38. The van der Waals surface area contributed by atoms with Crippen LogP contribution in [0.1, 0.15) is 26.5 Å². The second kappa shape index (κ2) is 13.0. The first-order valence-corrected chi connectivity index (χ1v) is 10.3. The number of carbonyl (C=O) groups is 5. The lowest BCUT2D eigenvalue weighted by molar-refractivity contribution is -0.192. The van der Waals surface area contributed by atoms with Crippen LogP contribution in [0.15, 0.2) is 30.3 Å². The Morgan fingerprint density at radius 1 is 1.08 bits per heavy atom. The molecule has 0 saturated carbocycles. The van der Waals surface area contributed by atoms with Crippen molar-refractivity contribution in [3.63, 3.8) is 0 Å². The first kappa shape index (κ1) is 30.5. The van der Waals surface area contributed by atoms with Crippen molar-refractivity contribution in [2.24, 2.45) is 5.73 Å². The predicted molar refractivity (Wildman–Crippen MR) is 116 cm³/mol. The third-order valence-electron chi connectivity index (χ3n) is 3.90. The molecule has 1 amide bonds. The van der Waals surface area contributed by atoms with Crippen LogP contribution in [0.25, 0.3) is 0 Å². The highest BCUT2D eigenvalue weighted by molar-refractivity contribution is 7.14. The summed E-state index contributed by atoms with van der Waals surface area (Å²) in [6, 6.07) is 4.62. The molecule has 0 unspecified atom stereocenters. The summed E-state index contributed by atoms with van der Waals surface area (Å²) >= 11 is 0.876. The number of ether oxygens (including phenoxy) is 1. The summed E-state index contributed by atoms with van der Waals surface area (Å²) in [6.07, 6.45) is -6.15. The molecule has 7 N–H and O–H groups in total. The Balaban J connectivity index is 0.000000856. The molecule has 17 heteroatoms. The van der Waals surface area contributed by atoms with Crippen molar-refractivity contribution in [3.8, 4) is 5.75 Å². The SMILES string of the molecule is N=C(N)c1ccc(OC(=O)c2ccc(CC(=O)N[C@@H](CC(=O)O)C(=O)O)s2)c(F)c1.O=C(O)C(F)(F)F. The molecule has 0 aliphatic carbocycles. The molecule has 2 aromatic rings. The van der Waals surface area contributed by atoms with E-state index in [1.807, 2.05) is 0 Å². The molecule has 200 valence electrons. The van der Waals surface area contributed by atoms with E-state index in [1.54, 1.807) is 0 Å².